The number of carboxylic acids is 1. The van der Waals surface area contributed by atoms with Gasteiger partial charge in [-0.05, 0) is 36.4 Å². The van der Waals surface area contributed by atoms with Gasteiger partial charge in [0.1, 0.15) is 4.88 Å². The Kier molecular flexibility index (Phi) is 3.98. The van der Waals surface area contributed by atoms with Crippen LogP contribution in [0.2, 0.25) is 0 Å². The number of hydrogen-bond donors (Lipinski definition) is 2. The molecular weight excluding hydrogens is 328 g/mol. The molecule has 102 valence electrons. The minimum absolute atomic E-state index is 0.378. The topological polar surface area (TPSA) is 37.3 Å². The van der Waals surface area contributed by atoms with Crippen LogP contribution in [0.1, 0.15) is 14.5 Å². The third kappa shape index (κ3) is 2.69. The minimum atomic E-state index is -0.866. The quantitative estimate of drug-likeness (QED) is 0.631. The van der Waals surface area contributed by atoms with E-state index in [4.69, 9.17) is 5.11 Å². The van der Waals surface area contributed by atoms with Crippen molar-refractivity contribution in [3.05, 3.63) is 46.2 Å². The summed E-state index contributed by atoms with van der Waals surface area (Å²) in [6.45, 7) is 0. The summed E-state index contributed by atoms with van der Waals surface area (Å²) in [6.07, 6.45) is 0. The number of thiophene rings is 3. The number of hydrogen-bond acceptors (Lipinski definition) is 5. The van der Waals surface area contributed by atoms with Crippen molar-refractivity contribution >= 4 is 52.6 Å². The monoisotopic (exact) mass is 338 g/mol. The van der Waals surface area contributed by atoms with E-state index in [9.17, 15) is 4.79 Å². The number of rotatable bonds is 4. The summed E-state index contributed by atoms with van der Waals surface area (Å²) >= 11 is 9.03. The molecule has 0 aliphatic carbocycles. The first-order chi connectivity index (χ1) is 9.67. The Balaban J connectivity index is 1.90. The fourth-order valence-electron chi connectivity index (χ4n) is 1.78. The van der Waals surface area contributed by atoms with Gasteiger partial charge in [-0.25, -0.2) is 4.79 Å². The van der Waals surface area contributed by atoms with E-state index >= 15 is 0 Å². The molecule has 3 aromatic rings. The van der Waals surface area contributed by atoms with Gasteiger partial charge in [-0.3, -0.25) is 0 Å². The zero-order chi connectivity index (χ0) is 14.1. The van der Waals surface area contributed by atoms with Crippen LogP contribution >= 0.6 is 46.6 Å². The van der Waals surface area contributed by atoms with Crippen molar-refractivity contribution in [3.8, 4) is 19.5 Å². The first kappa shape index (κ1) is 13.9. The van der Waals surface area contributed by atoms with Crippen molar-refractivity contribution in [2.75, 3.05) is 0 Å². The van der Waals surface area contributed by atoms with Gasteiger partial charge in [0.15, 0.2) is 0 Å². The van der Waals surface area contributed by atoms with Crippen LogP contribution in [-0.4, -0.2) is 11.1 Å². The first-order valence-corrected chi connectivity index (χ1v) is 8.89. The van der Waals surface area contributed by atoms with Crippen LogP contribution < -0.4 is 0 Å². The van der Waals surface area contributed by atoms with Crippen LogP contribution in [0.3, 0.4) is 0 Å². The Bertz CT molecular complexity index is 751. The highest BCUT2D eigenvalue weighted by molar-refractivity contribution is 7.79. The summed E-state index contributed by atoms with van der Waals surface area (Å²) in [5.41, 5.74) is 0. The normalized spacial score (nSPS) is 10.8. The maximum Gasteiger partial charge on any atom is 0.345 e. The van der Waals surface area contributed by atoms with Crippen LogP contribution in [0.15, 0.2) is 36.4 Å². The van der Waals surface area contributed by atoms with Gasteiger partial charge >= 0.3 is 5.97 Å². The van der Waals surface area contributed by atoms with Crippen LogP contribution in [0.4, 0.5) is 0 Å². The predicted octanol–water partition coefficient (Wildman–Crippen LogP) is 5.33. The molecule has 0 unspecified atom stereocenters. The third-order valence-corrected chi connectivity index (χ3v) is 6.92. The van der Waals surface area contributed by atoms with E-state index in [1.807, 2.05) is 6.07 Å². The zero-order valence-electron chi connectivity index (χ0n) is 10.2. The van der Waals surface area contributed by atoms with Crippen molar-refractivity contribution in [1.82, 2.24) is 0 Å². The summed E-state index contributed by atoms with van der Waals surface area (Å²) in [4.78, 5) is 17.1. The van der Waals surface area contributed by atoms with Gasteiger partial charge in [-0.1, -0.05) is 0 Å². The van der Waals surface area contributed by atoms with Gasteiger partial charge in [-0.2, -0.15) is 12.6 Å². The molecule has 20 heavy (non-hydrogen) atoms. The van der Waals surface area contributed by atoms with Gasteiger partial charge in [0.25, 0.3) is 0 Å². The number of carbonyl (C=O) groups is 1. The molecule has 0 fully saturated rings. The van der Waals surface area contributed by atoms with Crippen molar-refractivity contribution < 1.29 is 9.90 Å². The second kappa shape index (κ2) is 5.73. The first-order valence-electron chi connectivity index (χ1n) is 5.80. The average Bonchev–Trinajstić information content (AvgIpc) is 3.17. The van der Waals surface area contributed by atoms with E-state index in [0.717, 1.165) is 15.5 Å². The van der Waals surface area contributed by atoms with Crippen molar-refractivity contribution in [1.29, 1.82) is 0 Å². The number of thiol groups is 1. The van der Waals surface area contributed by atoms with Gasteiger partial charge in [0.05, 0.1) is 0 Å². The predicted molar refractivity (Wildman–Crippen MR) is 90.6 cm³/mol. The molecular formula is C14H10O2S4. The summed E-state index contributed by atoms with van der Waals surface area (Å²) in [5, 5.41) is 8.97. The van der Waals surface area contributed by atoms with Crippen LogP contribution in [0.5, 0.6) is 0 Å². The standard InChI is InChI=1S/C14H10O2S4/c15-14(16)13-6-5-12(20-13)11-4-3-10(19-11)9-2-1-8(7-17)18-9/h1-6,17H,7H2,(H,15,16). The molecule has 0 aliphatic heterocycles. The smallest absolute Gasteiger partial charge is 0.345 e. The van der Waals surface area contributed by atoms with Gasteiger partial charge in [0, 0.05) is 30.1 Å². The molecule has 0 bridgehead atoms. The molecule has 0 radical (unpaired) electrons. The third-order valence-electron chi connectivity index (χ3n) is 2.73. The van der Waals surface area contributed by atoms with E-state index in [1.165, 1.54) is 26.0 Å². The molecule has 0 aromatic carbocycles. The SMILES string of the molecule is O=C(O)c1ccc(-c2ccc(-c3ccc(CS)s3)s2)s1. The van der Waals surface area contributed by atoms with E-state index < -0.39 is 5.97 Å². The number of carboxylic acid groups (broad SMARTS) is 1. The van der Waals surface area contributed by atoms with Gasteiger partial charge < -0.3 is 5.11 Å². The molecule has 0 spiro atoms. The largest absolute Gasteiger partial charge is 0.477 e. The Morgan fingerprint density at radius 1 is 0.900 bits per heavy atom. The molecule has 2 nitrogen and oxygen atoms in total. The maximum absolute atomic E-state index is 10.9. The summed E-state index contributed by atoms with van der Waals surface area (Å²) < 4.78 is 0. The van der Waals surface area contributed by atoms with Gasteiger partial charge in [0.2, 0.25) is 0 Å². The lowest BCUT2D eigenvalue weighted by molar-refractivity contribution is 0.0702. The lowest BCUT2D eigenvalue weighted by Crippen LogP contribution is -1.89. The fourth-order valence-corrected chi connectivity index (χ4v) is 4.98. The van der Waals surface area contributed by atoms with Crippen LogP contribution in [0, 0.1) is 0 Å². The van der Waals surface area contributed by atoms with Gasteiger partial charge in [-0.15, -0.1) is 34.0 Å². The molecule has 3 heterocycles. The van der Waals surface area contributed by atoms with Crippen molar-refractivity contribution in [2.45, 2.75) is 5.75 Å². The van der Waals surface area contributed by atoms with E-state index in [0.29, 0.717) is 4.88 Å². The van der Waals surface area contributed by atoms with Crippen LogP contribution in [0.25, 0.3) is 19.5 Å². The molecule has 0 saturated heterocycles. The average molecular weight is 338 g/mol. The molecule has 0 aliphatic rings. The minimum Gasteiger partial charge on any atom is -0.477 e. The molecule has 0 atom stereocenters. The van der Waals surface area contributed by atoms with E-state index in [2.05, 4.69) is 36.9 Å². The Labute approximate surface area is 133 Å². The molecule has 3 aromatic heterocycles. The lowest BCUT2D eigenvalue weighted by atomic mass is 10.3. The fraction of sp³-hybridized carbons (Fsp3) is 0.0714. The Morgan fingerprint density at radius 3 is 2.00 bits per heavy atom. The lowest BCUT2D eigenvalue weighted by Gasteiger charge is -1.91. The zero-order valence-corrected chi connectivity index (χ0v) is 13.5. The highest BCUT2D eigenvalue weighted by atomic mass is 32.1. The second-order valence-corrected chi connectivity index (χ2v) is 7.71. The Morgan fingerprint density at radius 2 is 1.45 bits per heavy atom. The van der Waals surface area contributed by atoms with E-state index in [1.54, 1.807) is 28.7 Å². The number of aromatic carboxylic acids is 1. The van der Waals surface area contributed by atoms with E-state index in [-0.39, 0.29) is 0 Å². The maximum atomic E-state index is 10.9. The molecule has 6 heteroatoms. The van der Waals surface area contributed by atoms with Crippen molar-refractivity contribution in [3.63, 3.8) is 0 Å². The highest BCUT2D eigenvalue weighted by Gasteiger charge is 2.11. The molecule has 3 rings (SSSR count). The molecule has 0 saturated carbocycles. The second-order valence-electron chi connectivity index (χ2n) is 4.06. The molecule has 1 N–H and O–H groups in total. The molecule has 0 amide bonds. The highest BCUT2D eigenvalue weighted by Crippen LogP contribution is 2.40. The summed E-state index contributed by atoms with van der Waals surface area (Å²) in [6, 6.07) is 11.9. The summed E-state index contributed by atoms with van der Waals surface area (Å²) in [7, 11) is 0. The van der Waals surface area contributed by atoms with Crippen molar-refractivity contribution in [2.24, 2.45) is 0 Å². The Hall–Kier alpha value is -1.08. The summed E-state index contributed by atoms with van der Waals surface area (Å²) in [5.74, 6) is -0.106. The van der Waals surface area contributed by atoms with Crippen LogP contribution in [-0.2, 0) is 5.75 Å².